The molecule has 0 aliphatic rings. The smallest absolute Gasteiger partial charge is 0.306 e. The number of hydrogen-bond donors (Lipinski definition) is 3. The van der Waals surface area contributed by atoms with Gasteiger partial charge in [0.2, 0.25) is 0 Å². The Morgan fingerprint density at radius 2 is 2.36 bits per heavy atom. The summed E-state index contributed by atoms with van der Waals surface area (Å²) < 4.78 is 4.75. The number of carbonyl (C=O) groups is 1. The minimum atomic E-state index is -1.59. The number of rotatable bonds is 7. The number of aliphatic hydroxyl groups is 1. The molecule has 0 heterocycles. The Morgan fingerprint density at radius 1 is 1.71 bits per heavy atom. The van der Waals surface area contributed by atoms with Crippen molar-refractivity contribution in [3.05, 3.63) is 6.92 Å². The Hall–Kier alpha value is -0.650. The van der Waals surface area contributed by atoms with Gasteiger partial charge in [-0.25, -0.2) is 0 Å². The molecule has 0 amide bonds. The third kappa shape index (κ3) is 5.90. The number of nitrogens with two attached hydrogens (primary N) is 1. The summed E-state index contributed by atoms with van der Waals surface area (Å²) in [7, 11) is 0. The van der Waals surface area contributed by atoms with E-state index in [2.05, 4.69) is 12.2 Å². The molecule has 0 aliphatic carbocycles. The molecule has 1 atom stereocenters. The van der Waals surface area contributed by atoms with Crippen molar-refractivity contribution in [3.63, 3.8) is 0 Å². The molecule has 83 valence electrons. The molecule has 0 spiro atoms. The SMILES string of the molecule is [CH2]CCC(O)(NCCCN)OC(C)=O. The predicted molar refractivity (Wildman–Crippen MR) is 53.0 cm³/mol. The minimum absolute atomic E-state index is 0.261. The van der Waals surface area contributed by atoms with Gasteiger partial charge in [-0.1, -0.05) is 6.92 Å². The second-order valence-corrected chi connectivity index (χ2v) is 3.05. The molecule has 0 aliphatic heterocycles. The van der Waals surface area contributed by atoms with Crippen LogP contribution in [0.15, 0.2) is 0 Å². The molecule has 0 rings (SSSR count). The highest BCUT2D eigenvalue weighted by Crippen LogP contribution is 2.11. The Morgan fingerprint density at radius 3 is 2.79 bits per heavy atom. The van der Waals surface area contributed by atoms with Gasteiger partial charge in [-0.05, 0) is 19.4 Å². The van der Waals surface area contributed by atoms with E-state index in [1.807, 2.05) is 0 Å². The second-order valence-electron chi connectivity index (χ2n) is 3.05. The molecule has 0 fully saturated rings. The molecule has 0 aromatic rings. The van der Waals surface area contributed by atoms with Crippen LogP contribution in [0.3, 0.4) is 0 Å². The molecular formula is C9H19N2O3. The maximum absolute atomic E-state index is 10.7. The molecule has 0 saturated heterocycles. The highest BCUT2D eigenvalue weighted by atomic mass is 16.7. The van der Waals surface area contributed by atoms with E-state index in [1.165, 1.54) is 6.92 Å². The average molecular weight is 203 g/mol. The van der Waals surface area contributed by atoms with Crippen LogP contribution in [0.4, 0.5) is 0 Å². The fraction of sp³-hybridized carbons (Fsp3) is 0.778. The van der Waals surface area contributed by atoms with Crippen LogP contribution in [0.25, 0.3) is 0 Å². The van der Waals surface area contributed by atoms with Gasteiger partial charge in [-0.2, -0.15) is 0 Å². The Labute approximate surface area is 84.6 Å². The van der Waals surface area contributed by atoms with Gasteiger partial charge < -0.3 is 15.6 Å². The zero-order valence-electron chi connectivity index (χ0n) is 8.58. The Balaban J connectivity index is 4.02. The van der Waals surface area contributed by atoms with E-state index < -0.39 is 11.9 Å². The molecule has 1 unspecified atom stereocenters. The van der Waals surface area contributed by atoms with E-state index in [1.54, 1.807) is 0 Å². The van der Waals surface area contributed by atoms with Gasteiger partial charge in [0.05, 0.1) is 0 Å². The molecule has 0 aromatic heterocycles. The van der Waals surface area contributed by atoms with E-state index in [0.717, 1.165) is 0 Å². The summed E-state index contributed by atoms with van der Waals surface area (Å²) in [6.45, 7) is 5.86. The molecule has 14 heavy (non-hydrogen) atoms. The summed E-state index contributed by atoms with van der Waals surface area (Å²) in [5.41, 5.74) is 5.29. The van der Waals surface area contributed by atoms with Crippen LogP contribution in [-0.2, 0) is 9.53 Å². The van der Waals surface area contributed by atoms with Crippen LogP contribution < -0.4 is 11.1 Å². The third-order valence-corrected chi connectivity index (χ3v) is 1.61. The summed E-state index contributed by atoms with van der Waals surface area (Å²) in [6.07, 6.45) is 1.44. The van der Waals surface area contributed by atoms with Gasteiger partial charge in [0, 0.05) is 19.9 Å². The van der Waals surface area contributed by atoms with Crippen LogP contribution in [0.2, 0.25) is 0 Å². The van der Waals surface area contributed by atoms with Gasteiger partial charge in [0.15, 0.2) is 0 Å². The number of nitrogens with one attached hydrogen (secondary N) is 1. The largest absolute Gasteiger partial charge is 0.419 e. The summed E-state index contributed by atoms with van der Waals surface area (Å²) >= 11 is 0. The van der Waals surface area contributed by atoms with Gasteiger partial charge in [-0.3, -0.25) is 10.1 Å². The lowest BCUT2D eigenvalue weighted by molar-refractivity contribution is -0.223. The molecular weight excluding hydrogens is 184 g/mol. The predicted octanol–water partition coefficient (Wildman–Crippen LogP) is -0.252. The first kappa shape index (κ1) is 13.4. The summed E-state index contributed by atoms with van der Waals surface area (Å²) in [5, 5.41) is 12.5. The van der Waals surface area contributed by atoms with Crippen molar-refractivity contribution in [2.75, 3.05) is 13.1 Å². The van der Waals surface area contributed by atoms with Crippen molar-refractivity contribution in [1.29, 1.82) is 0 Å². The van der Waals surface area contributed by atoms with Crippen LogP contribution in [-0.4, -0.2) is 30.1 Å². The lowest BCUT2D eigenvalue weighted by atomic mass is 10.2. The molecule has 0 aromatic carbocycles. The molecule has 0 bridgehead atoms. The number of ether oxygens (including phenoxy) is 1. The van der Waals surface area contributed by atoms with Gasteiger partial charge in [-0.15, -0.1) is 0 Å². The summed E-state index contributed by atoms with van der Waals surface area (Å²) in [6, 6.07) is 0. The van der Waals surface area contributed by atoms with Crippen LogP contribution in [0.1, 0.15) is 26.2 Å². The van der Waals surface area contributed by atoms with E-state index >= 15 is 0 Å². The van der Waals surface area contributed by atoms with E-state index in [0.29, 0.717) is 25.9 Å². The van der Waals surface area contributed by atoms with Gasteiger partial charge in [0.1, 0.15) is 0 Å². The topological polar surface area (TPSA) is 84.6 Å². The van der Waals surface area contributed by atoms with Crippen molar-refractivity contribution in [2.45, 2.75) is 32.1 Å². The van der Waals surface area contributed by atoms with Crippen molar-refractivity contribution < 1.29 is 14.6 Å². The quantitative estimate of drug-likeness (QED) is 0.302. The molecule has 5 nitrogen and oxygen atoms in total. The molecule has 0 saturated carbocycles. The fourth-order valence-electron chi connectivity index (χ4n) is 1.04. The Bertz CT molecular complexity index is 175. The number of carbonyl (C=O) groups excluding carboxylic acids is 1. The standard InChI is InChI=1S/C9H19N2O3/c1-3-5-9(13,14-8(2)12)11-7-4-6-10/h11,13H,1,3-7,10H2,2H3. The van der Waals surface area contributed by atoms with E-state index in [9.17, 15) is 9.90 Å². The normalized spacial score (nSPS) is 14.9. The lowest BCUT2D eigenvalue weighted by Crippen LogP contribution is -2.49. The lowest BCUT2D eigenvalue weighted by Gasteiger charge is -2.27. The van der Waals surface area contributed by atoms with Crippen molar-refractivity contribution >= 4 is 5.97 Å². The summed E-state index contributed by atoms with van der Waals surface area (Å²) in [4.78, 5) is 10.7. The molecule has 5 heteroatoms. The summed E-state index contributed by atoms with van der Waals surface area (Å²) in [5.74, 6) is -2.12. The average Bonchev–Trinajstić information content (AvgIpc) is 2.03. The first-order chi connectivity index (χ1) is 6.54. The van der Waals surface area contributed by atoms with E-state index in [4.69, 9.17) is 10.5 Å². The van der Waals surface area contributed by atoms with Crippen molar-refractivity contribution in [3.8, 4) is 0 Å². The number of hydrogen-bond acceptors (Lipinski definition) is 5. The van der Waals surface area contributed by atoms with Crippen molar-refractivity contribution in [2.24, 2.45) is 5.73 Å². The third-order valence-electron chi connectivity index (χ3n) is 1.61. The zero-order chi connectivity index (χ0) is 11.0. The maximum atomic E-state index is 10.7. The second kappa shape index (κ2) is 6.75. The Kier molecular flexibility index (Phi) is 6.44. The van der Waals surface area contributed by atoms with Gasteiger partial charge in [0.25, 0.3) is 5.91 Å². The fourth-order valence-corrected chi connectivity index (χ4v) is 1.04. The first-order valence-electron chi connectivity index (χ1n) is 4.70. The highest BCUT2D eigenvalue weighted by molar-refractivity contribution is 5.66. The van der Waals surface area contributed by atoms with Crippen LogP contribution >= 0.6 is 0 Å². The van der Waals surface area contributed by atoms with Crippen LogP contribution in [0.5, 0.6) is 0 Å². The van der Waals surface area contributed by atoms with Gasteiger partial charge >= 0.3 is 5.97 Å². The highest BCUT2D eigenvalue weighted by Gasteiger charge is 2.28. The monoisotopic (exact) mass is 203 g/mol. The van der Waals surface area contributed by atoms with Crippen LogP contribution in [0, 0.1) is 6.92 Å². The molecule has 1 radical (unpaired) electrons. The molecule has 4 N–H and O–H groups in total. The maximum Gasteiger partial charge on any atom is 0.306 e. The zero-order valence-corrected chi connectivity index (χ0v) is 8.58. The van der Waals surface area contributed by atoms with Crippen molar-refractivity contribution in [1.82, 2.24) is 5.32 Å². The first-order valence-corrected chi connectivity index (χ1v) is 4.70. The van der Waals surface area contributed by atoms with E-state index in [-0.39, 0.29) is 6.42 Å². The minimum Gasteiger partial charge on any atom is -0.419 e. The number of esters is 1.